The van der Waals surface area contributed by atoms with Gasteiger partial charge in [0.15, 0.2) is 0 Å². The molecule has 242 valence electrons. The summed E-state index contributed by atoms with van der Waals surface area (Å²) in [6.07, 6.45) is 3.76. The monoisotopic (exact) mass is 619 g/mol. The molecule has 2 saturated heterocycles. The number of methoxy groups -OCH3 is 1. The first-order chi connectivity index (χ1) is 21.9. The van der Waals surface area contributed by atoms with Crippen LogP contribution in [0.25, 0.3) is 10.8 Å². The molecule has 3 aromatic rings. The van der Waals surface area contributed by atoms with E-state index < -0.39 is 6.17 Å². The molecule has 2 atom stereocenters. The number of ether oxygens (including phenoxy) is 2. The number of hydrogen-bond acceptors (Lipinski definition) is 9. The molecule has 3 aliphatic rings. The minimum Gasteiger partial charge on any atom is -0.462 e. The number of likely N-dealkylation sites (tertiary alicyclic amines) is 1. The fourth-order valence-corrected chi connectivity index (χ4v) is 6.56. The van der Waals surface area contributed by atoms with Crippen LogP contribution < -0.4 is 20.3 Å². The van der Waals surface area contributed by atoms with Crippen molar-refractivity contribution in [3.8, 4) is 6.01 Å². The summed E-state index contributed by atoms with van der Waals surface area (Å²) in [4.78, 5) is 31.0. The van der Waals surface area contributed by atoms with Gasteiger partial charge in [-0.1, -0.05) is 36.4 Å². The number of nitrogens with two attached hydrogens (primary N) is 1. The van der Waals surface area contributed by atoms with E-state index >= 15 is 0 Å². The molecule has 4 heterocycles. The minimum absolute atomic E-state index is 0.00156. The number of piperazine rings is 1. The zero-order chi connectivity index (χ0) is 31.9. The molecule has 0 radical (unpaired) electrons. The normalized spacial score (nSPS) is 20.4. The summed E-state index contributed by atoms with van der Waals surface area (Å²) in [6, 6.07) is 13.2. The Kier molecular flexibility index (Phi) is 10.9. The van der Waals surface area contributed by atoms with Gasteiger partial charge in [0.25, 0.3) is 0 Å². The first kappa shape index (κ1) is 32.6. The lowest BCUT2D eigenvalue weighted by Gasteiger charge is -2.38. The van der Waals surface area contributed by atoms with Gasteiger partial charge in [0, 0.05) is 75.1 Å². The van der Waals surface area contributed by atoms with E-state index in [2.05, 4.69) is 58.9 Å². The summed E-state index contributed by atoms with van der Waals surface area (Å²) in [7, 11) is 5.04. The number of benzene rings is 2. The molecule has 2 unspecified atom stereocenters. The van der Waals surface area contributed by atoms with Gasteiger partial charge in [-0.25, -0.2) is 4.39 Å². The number of carbonyl (C=O) groups excluding carboxylic acids is 1. The van der Waals surface area contributed by atoms with E-state index in [0.717, 1.165) is 30.0 Å². The van der Waals surface area contributed by atoms with Crippen molar-refractivity contribution < 1.29 is 18.7 Å². The van der Waals surface area contributed by atoms with Gasteiger partial charge in [0.05, 0.1) is 18.8 Å². The van der Waals surface area contributed by atoms with Gasteiger partial charge in [-0.15, -0.1) is 0 Å². The van der Waals surface area contributed by atoms with Crippen LogP contribution in [0, 0.1) is 6.92 Å². The third-order valence-corrected chi connectivity index (χ3v) is 8.91. The van der Waals surface area contributed by atoms with E-state index in [9.17, 15) is 9.18 Å². The van der Waals surface area contributed by atoms with E-state index in [1.807, 2.05) is 16.8 Å². The fourth-order valence-electron chi connectivity index (χ4n) is 6.56. The van der Waals surface area contributed by atoms with Crippen molar-refractivity contribution in [3.63, 3.8) is 0 Å². The lowest BCUT2D eigenvalue weighted by Crippen LogP contribution is -2.49. The molecule has 2 N–H and O–H groups in total. The standard InChI is InChI=1S/C33H41FN6O3.CH5N/c1-23-7-4-8-24-9-5-10-29(31(23)24)40-13-12-27-28(21-40)35-33(43-22-26-19-25(34)20-37(26)2)36-32(27)39-16-14-38(15-17-39)30(41)11-6-18-42-3;1-2/h4-11,25-26H,12-22H2,1-3H3;2H2,1H3/b11-6+;. The maximum Gasteiger partial charge on any atom is 0.318 e. The molecule has 1 amide bonds. The number of anilines is 2. The van der Waals surface area contributed by atoms with Crippen LogP contribution in [0.1, 0.15) is 23.2 Å². The molecule has 6 rings (SSSR count). The highest BCUT2D eigenvalue weighted by Gasteiger charge is 2.32. The molecular formula is C34H46FN7O3. The first-order valence-electron chi connectivity index (χ1n) is 15.8. The van der Waals surface area contributed by atoms with Crippen molar-refractivity contribution in [1.29, 1.82) is 0 Å². The predicted octanol–water partition coefficient (Wildman–Crippen LogP) is 3.35. The Morgan fingerprint density at radius 2 is 1.82 bits per heavy atom. The Morgan fingerprint density at radius 3 is 2.53 bits per heavy atom. The second-order valence-corrected chi connectivity index (χ2v) is 11.8. The number of amides is 1. The zero-order valence-corrected chi connectivity index (χ0v) is 26.9. The number of hydrogen-bond donors (Lipinski definition) is 1. The third-order valence-electron chi connectivity index (χ3n) is 8.91. The van der Waals surface area contributed by atoms with Gasteiger partial charge >= 0.3 is 6.01 Å². The number of likely N-dealkylation sites (N-methyl/N-ethyl adjacent to an activating group) is 1. The van der Waals surface area contributed by atoms with Crippen LogP contribution in [-0.4, -0.2) is 112 Å². The molecule has 11 heteroatoms. The van der Waals surface area contributed by atoms with E-state index in [4.69, 9.17) is 19.4 Å². The van der Waals surface area contributed by atoms with Crippen LogP contribution in [0.3, 0.4) is 0 Å². The summed E-state index contributed by atoms with van der Waals surface area (Å²) >= 11 is 0. The number of halogens is 1. The van der Waals surface area contributed by atoms with Crippen LogP contribution in [0.2, 0.25) is 0 Å². The molecule has 0 aliphatic carbocycles. The van der Waals surface area contributed by atoms with E-state index in [1.54, 1.807) is 19.3 Å². The molecule has 2 aromatic carbocycles. The molecule has 45 heavy (non-hydrogen) atoms. The summed E-state index contributed by atoms with van der Waals surface area (Å²) in [5, 5.41) is 2.50. The molecule has 0 bridgehead atoms. The van der Waals surface area contributed by atoms with Gasteiger partial charge in [-0.2, -0.15) is 9.97 Å². The molecule has 2 fully saturated rings. The van der Waals surface area contributed by atoms with E-state index in [0.29, 0.717) is 64.9 Å². The Balaban J connectivity index is 0.00000196. The number of nitrogens with zero attached hydrogens (tertiary/aromatic N) is 6. The fraction of sp³-hybridized carbons (Fsp3) is 0.500. The number of rotatable bonds is 8. The summed E-state index contributed by atoms with van der Waals surface area (Å²) in [5.74, 6) is 0.886. The predicted molar refractivity (Wildman–Crippen MR) is 177 cm³/mol. The Morgan fingerprint density at radius 1 is 1.07 bits per heavy atom. The average Bonchev–Trinajstić information content (AvgIpc) is 3.40. The first-order valence-corrected chi connectivity index (χ1v) is 15.8. The Bertz CT molecular complexity index is 1490. The highest BCUT2D eigenvalue weighted by Crippen LogP contribution is 2.35. The quantitative estimate of drug-likeness (QED) is 0.381. The van der Waals surface area contributed by atoms with Crippen molar-refractivity contribution in [2.75, 3.05) is 83.5 Å². The van der Waals surface area contributed by atoms with Gasteiger partial charge in [0.1, 0.15) is 18.6 Å². The maximum absolute atomic E-state index is 14.0. The Hall–Kier alpha value is -3.80. The number of aryl methyl sites for hydroxylation is 1. The Labute approximate surface area is 265 Å². The lowest BCUT2D eigenvalue weighted by molar-refractivity contribution is -0.126. The van der Waals surface area contributed by atoms with Gasteiger partial charge in [-0.05, 0) is 50.9 Å². The third kappa shape index (κ3) is 7.37. The summed E-state index contributed by atoms with van der Waals surface area (Å²) in [5.41, 5.74) is 9.06. The number of fused-ring (bicyclic) bond motifs is 2. The van der Waals surface area contributed by atoms with Crippen molar-refractivity contribution in [2.45, 2.75) is 38.5 Å². The molecule has 3 aliphatic heterocycles. The van der Waals surface area contributed by atoms with Crippen LogP contribution in [0.5, 0.6) is 6.01 Å². The smallest absolute Gasteiger partial charge is 0.318 e. The average molecular weight is 620 g/mol. The molecular weight excluding hydrogens is 573 g/mol. The van der Waals surface area contributed by atoms with Crippen molar-refractivity contribution in [3.05, 3.63) is 65.4 Å². The number of aromatic nitrogens is 2. The zero-order valence-electron chi connectivity index (χ0n) is 26.9. The van der Waals surface area contributed by atoms with E-state index in [1.165, 1.54) is 29.1 Å². The summed E-state index contributed by atoms with van der Waals surface area (Å²) in [6.45, 7) is 7.41. The SMILES string of the molecule is CN.COC/C=C/C(=O)N1CCN(c2nc(OCC3CC(F)CN3C)nc3c2CCN(c2cccc4cccc(C)c24)C3)CC1. The van der Waals surface area contributed by atoms with Gasteiger partial charge in [-0.3, -0.25) is 9.69 Å². The van der Waals surface area contributed by atoms with Crippen molar-refractivity contribution >= 4 is 28.2 Å². The highest BCUT2D eigenvalue weighted by atomic mass is 19.1. The second kappa shape index (κ2) is 15.0. The largest absolute Gasteiger partial charge is 0.462 e. The number of carbonyl (C=O) groups is 1. The van der Waals surface area contributed by atoms with Crippen LogP contribution in [0.15, 0.2) is 48.6 Å². The second-order valence-electron chi connectivity index (χ2n) is 11.8. The highest BCUT2D eigenvalue weighted by molar-refractivity contribution is 5.97. The number of alkyl halides is 1. The van der Waals surface area contributed by atoms with E-state index in [-0.39, 0.29) is 11.9 Å². The molecule has 0 spiro atoms. The topological polar surface area (TPSA) is 100 Å². The van der Waals surface area contributed by atoms with Crippen LogP contribution in [-0.2, 0) is 22.5 Å². The van der Waals surface area contributed by atoms with Crippen molar-refractivity contribution in [1.82, 2.24) is 19.8 Å². The summed E-state index contributed by atoms with van der Waals surface area (Å²) < 4.78 is 25.2. The van der Waals surface area contributed by atoms with Crippen LogP contribution >= 0.6 is 0 Å². The molecule has 10 nitrogen and oxygen atoms in total. The molecule has 0 saturated carbocycles. The van der Waals surface area contributed by atoms with Crippen molar-refractivity contribution in [2.24, 2.45) is 5.73 Å². The van der Waals surface area contributed by atoms with Gasteiger partial charge < -0.3 is 29.9 Å². The van der Waals surface area contributed by atoms with Crippen LogP contribution in [0.4, 0.5) is 15.9 Å². The lowest BCUT2D eigenvalue weighted by atomic mass is 9.99. The molecule has 1 aromatic heterocycles. The minimum atomic E-state index is -0.834. The maximum atomic E-state index is 14.0. The van der Waals surface area contributed by atoms with Gasteiger partial charge in [0.2, 0.25) is 5.91 Å².